The molecule has 1 amide bonds. The number of nitrogen functional groups attached to an aromatic ring is 1. The molecule has 0 bridgehead atoms. The van der Waals surface area contributed by atoms with E-state index in [0.29, 0.717) is 41.1 Å². The molecule has 1 saturated carbocycles. The highest BCUT2D eigenvalue weighted by Crippen LogP contribution is 2.49. The first kappa shape index (κ1) is 23.5. The zero-order chi connectivity index (χ0) is 26.3. The number of nitrogens with zero attached hydrogens (tertiary/aromatic N) is 5. The highest BCUT2D eigenvalue weighted by molar-refractivity contribution is 6.02. The average Bonchev–Trinajstić information content (AvgIpc) is 3.34. The van der Waals surface area contributed by atoms with Crippen molar-refractivity contribution in [2.45, 2.75) is 24.8 Å². The van der Waals surface area contributed by atoms with Gasteiger partial charge in [0.1, 0.15) is 35.0 Å². The van der Waals surface area contributed by atoms with E-state index in [4.69, 9.17) is 10.3 Å². The number of carbonyl (C=O) groups is 1. The van der Waals surface area contributed by atoms with Crippen molar-refractivity contribution in [3.05, 3.63) is 95.9 Å². The second-order valence-corrected chi connectivity index (χ2v) is 9.09. The van der Waals surface area contributed by atoms with Gasteiger partial charge in [-0.25, -0.2) is 18.7 Å². The highest BCUT2D eigenvalue weighted by atomic mass is 19.1. The van der Waals surface area contributed by atoms with Gasteiger partial charge in [0, 0.05) is 11.6 Å². The molecule has 1 aliphatic carbocycles. The van der Waals surface area contributed by atoms with Crippen LogP contribution in [-0.4, -0.2) is 30.8 Å². The maximum absolute atomic E-state index is 14.3. The van der Waals surface area contributed by atoms with Crippen molar-refractivity contribution in [2.75, 3.05) is 11.1 Å². The molecule has 6 rings (SSSR count). The maximum atomic E-state index is 14.3. The van der Waals surface area contributed by atoms with Gasteiger partial charge in [0.05, 0.1) is 23.9 Å². The average molecular weight is 514 g/mol. The van der Waals surface area contributed by atoms with E-state index in [1.54, 1.807) is 47.1 Å². The molecular weight excluding hydrogens is 492 g/mol. The molecule has 190 valence electrons. The van der Waals surface area contributed by atoms with Crippen molar-refractivity contribution < 1.29 is 18.1 Å². The minimum absolute atomic E-state index is 0.0463. The quantitative estimate of drug-likeness (QED) is 0.327. The summed E-state index contributed by atoms with van der Waals surface area (Å²) in [6, 6.07) is 15.8. The van der Waals surface area contributed by atoms with E-state index in [0.717, 1.165) is 0 Å². The number of carbonyl (C=O) groups excluding carboxylic acids is 1. The first-order valence-electron chi connectivity index (χ1n) is 11.9. The van der Waals surface area contributed by atoms with Crippen molar-refractivity contribution in [3.8, 4) is 22.9 Å². The number of nitrogens with one attached hydrogen (secondary N) is 1. The van der Waals surface area contributed by atoms with Crippen LogP contribution in [0.2, 0.25) is 0 Å². The Labute approximate surface area is 215 Å². The third-order valence-electron chi connectivity index (χ3n) is 6.62. The zero-order valence-corrected chi connectivity index (χ0v) is 19.9. The number of nitrogens with two attached hydrogens (primary N) is 1. The van der Waals surface area contributed by atoms with Gasteiger partial charge in [-0.3, -0.25) is 9.48 Å². The van der Waals surface area contributed by atoms with Gasteiger partial charge in [0.15, 0.2) is 11.6 Å². The van der Waals surface area contributed by atoms with E-state index < -0.39 is 11.2 Å². The fraction of sp³-hybridized carbons (Fsp3) is 0.148. The number of hydrogen-bond donors (Lipinski definition) is 2. The molecule has 3 heterocycles. The number of amides is 1. The Balaban J connectivity index is 1.28. The van der Waals surface area contributed by atoms with Crippen molar-refractivity contribution in [1.29, 1.82) is 0 Å². The lowest BCUT2D eigenvalue weighted by Crippen LogP contribution is -2.28. The van der Waals surface area contributed by atoms with Crippen LogP contribution in [0.25, 0.3) is 22.9 Å². The Bertz CT molecular complexity index is 1650. The largest absolute Gasteiger partial charge is 0.382 e. The summed E-state index contributed by atoms with van der Waals surface area (Å²) in [6.07, 6.45) is 4.04. The normalized spacial score (nSPS) is 13.8. The van der Waals surface area contributed by atoms with Crippen LogP contribution < -0.4 is 11.1 Å². The first-order chi connectivity index (χ1) is 18.4. The summed E-state index contributed by atoms with van der Waals surface area (Å²) >= 11 is 0. The summed E-state index contributed by atoms with van der Waals surface area (Å²) in [7, 11) is 0. The Hall–Kier alpha value is -4.93. The van der Waals surface area contributed by atoms with Crippen LogP contribution in [0, 0.1) is 11.6 Å². The molecule has 3 aromatic heterocycles. The summed E-state index contributed by atoms with van der Waals surface area (Å²) < 4.78 is 34.6. The predicted molar refractivity (Wildman–Crippen MR) is 135 cm³/mol. The number of anilines is 2. The minimum Gasteiger partial charge on any atom is -0.382 e. The van der Waals surface area contributed by atoms with Crippen LogP contribution in [0.1, 0.15) is 24.0 Å². The summed E-state index contributed by atoms with van der Waals surface area (Å²) in [5.74, 6) is -0.793. The molecule has 1 aliphatic rings. The van der Waals surface area contributed by atoms with Gasteiger partial charge < -0.3 is 15.6 Å². The number of halogens is 2. The molecule has 0 unspecified atom stereocenters. The van der Waals surface area contributed by atoms with Gasteiger partial charge in [0.2, 0.25) is 5.91 Å². The Morgan fingerprint density at radius 3 is 2.63 bits per heavy atom. The van der Waals surface area contributed by atoms with Crippen LogP contribution in [0.4, 0.5) is 20.3 Å². The van der Waals surface area contributed by atoms with E-state index in [2.05, 4.69) is 25.5 Å². The molecule has 5 aromatic rings. The number of rotatable bonds is 7. The highest BCUT2D eigenvalue weighted by Gasteiger charge is 2.51. The van der Waals surface area contributed by atoms with E-state index in [1.807, 2.05) is 0 Å². The first-order valence-corrected chi connectivity index (χ1v) is 11.9. The van der Waals surface area contributed by atoms with Gasteiger partial charge >= 0.3 is 0 Å². The molecule has 2 aromatic carbocycles. The lowest BCUT2D eigenvalue weighted by atomic mass is 9.95. The Kier molecular flexibility index (Phi) is 5.67. The van der Waals surface area contributed by atoms with Gasteiger partial charge in [-0.2, -0.15) is 5.10 Å². The molecule has 9 nitrogen and oxygen atoms in total. The molecule has 1 fully saturated rings. The Morgan fingerprint density at radius 2 is 1.92 bits per heavy atom. The van der Waals surface area contributed by atoms with Gasteiger partial charge in [-0.05, 0) is 42.7 Å². The van der Waals surface area contributed by atoms with Gasteiger partial charge in [-0.15, -0.1) is 0 Å². The summed E-state index contributed by atoms with van der Waals surface area (Å²) in [4.78, 5) is 21.8. The van der Waals surface area contributed by atoms with Crippen LogP contribution in [0.5, 0.6) is 0 Å². The SMILES string of the molecule is Nc1nc(-c2cc(-c3ccon3)n(Cc3ccccc3F)n2)ncc1NC(=O)C1(c2cccc(F)c2)CC1. The molecule has 0 aliphatic heterocycles. The fourth-order valence-electron chi connectivity index (χ4n) is 4.40. The Morgan fingerprint density at radius 1 is 1.08 bits per heavy atom. The predicted octanol–water partition coefficient (Wildman–Crippen LogP) is 4.57. The summed E-state index contributed by atoms with van der Waals surface area (Å²) in [5, 5.41) is 11.3. The molecule has 0 radical (unpaired) electrons. The molecule has 0 spiro atoms. The second-order valence-electron chi connectivity index (χ2n) is 9.09. The molecular formula is C27H21F2N7O2. The van der Waals surface area contributed by atoms with E-state index in [1.165, 1.54) is 30.7 Å². The van der Waals surface area contributed by atoms with E-state index in [9.17, 15) is 13.6 Å². The summed E-state index contributed by atoms with van der Waals surface area (Å²) in [6.45, 7) is 0.140. The monoisotopic (exact) mass is 513 g/mol. The van der Waals surface area contributed by atoms with Gasteiger partial charge in [-0.1, -0.05) is 35.5 Å². The van der Waals surface area contributed by atoms with Gasteiger partial charge in [0.25, 0.3) is 0 Å². The zero-order valence-electron chi connectivity index (χ0n) is 19.9. The van der Waals surface area contributed by atoms with E-state index >= 15 is 0 Å². The third kappa shape index (κ3) is 4.27. The maximum Gasteiger partial charge on any atom is 0.235 e. The molecule has 38 heavy (non-hydrogen) atoms. The molecule has 0 atom stereocenters. The van der Waals surface area contributed by atoms with Crippen LogP contribution >= 0.6 is 0 Å². The van der Waals surface area contributed by atoms with Crippen molar-refractivity contribution >= 4 is 17.4 Å². The number of hydrogen-bond acceptors (Lipinski definition) is 7. The van der Waals surface area contributed by atoms with Crippen molar-refractivity contribution in [2.24, 2.45) is 0 Å². The standard InChI is InChI=1S/C27H21F2N7O2/c28-18-6-3-5-17(12-18)27(9-10-27)26(37)32-22-14-31-25(33-24(22)30)21-13-23(20-8-11-38-35-20)36(34-21)15-16-4-1-2-7-19(16)29/h1-8,11-14H,9-10,15H2,(H,32,37)(H2,30,31,33). The van der Waals surface area contributed by atoms with Crippen LogP contribution in [-0.2, 0) is 16.8 Å². The van der Waals surface area contributed by atoms with E-state index in [-0.39, 0.29) is 35.6 Å². The van der Waals surface area contributed by atoms with Crippen LogP contribution in [0.15, 0.2) is 77.6 Å². The van der Waals surface area contributed by atoms with Crippen LogP contribution in [0.3, 0.4) is 0 Å². The van der Waals surface area contributed by atoms with Crippen molar-refractivity contribution in [1.82, 2.24) is 24.9 Å². The topological polar surface area (TPSA) is 125 Å². The summed E-state index contributed by atoms with van der Waals surface area (Å²) in [5.41, 5.74) is 8.13. The second kappa shape index (κ2) is 9.18. The smallest absolute Gasteiger partial charge is 0.235 e. The molecule has 11 heteroatoms. The lowest BCUT2D eigenvalue weighted by Gasteiger charge is -2.16. The molecule has 0 saturated heterocycles. The van der Waals surface area contributed by atoms with Crippen molar-refractivity contribution in [3.63, 3.8) is 0 Å². The minimum atomic E-state index is -0.800. The third-order valence-corrected chi connectivity index (χ3v) is 6.62. The lowest BCUT2D eigenvalue weighted by molar-refractivity contribution is -0.118. The number of benzene rings is 2. The molecule has 3 N–H and O–H groups in total. The fourth-order valence-corrected chi connectivity index (χ4v) is 4.40. The number of aromatic nitrogens is 5.